The van der Waals surface area contributed by atoms with Gasteiger partial charge in [-0.1, -0.05) is 66.7 Å². The Hall–Kier alpha value is -4.26. The monoisotopic (exact) mass is 440 g/mol. The minimum atomic E-state index is -0.727. The lowest BCUT2D eigenvalue weighted by molar-refractivity contribution is 0.0941. The Bertz CT molecular complexity index is 1390. The van der Waals surface area contributed by atoms with Gasteiger partial charge in [-0.2, -0.15) is 9.78 Å². The van der Waals surface area contributed by atoms with Gasteiger partial charge >= 0.3 is 5.69 Å². The molecule has 1 aromatic heterocycles. The van der Waals surface area contributed by atoms with E-state index >= 15 is 0 Å². The highest BCUT2D eigenvalue weighted by Crippen LogP contribution is 2.11. The zero-order chi connectivity index (χ0) is 23.4. The predicted octanol–water partition coefficient (Wildman–Crippen LogP) is 2.99. The van der Waals surface area contributed by atoms with Crippen molar-refractivity contribution in [3.05, 3.63) is 128 Å². The van der Waals surface area contributed by atoms with E-state index in [1.165, 1.54) is 0 Å². The molecule has 0 radical (unpaired) electrons. The van der Waals surface area contributed by atoms with Crippen LogP contribution >= 0.6 is 0 Å². The van der Waals surface area contributed by atoms with Crippen LogP contribution in [0.25, 0.3) is 5.69 Å². The van der Waals surface area contributed by atoms with Crippen LogP contribution in [0.1, 0.15) is 32.7 Å². The molecule has 0 atom stereocenters. The average Bonchev–Trinajstić information content (AvgIpc) is 2.81. The second-order valence-electron chi connectivity index (χ2n) is 7.93. The van der Waals surface area contributed by atoms with Gasteiger partial charge in [-0.05, 0) is 48.2 Å². The summed E-state index contributed by atoms with van der Waals surface area (Å²) in [7, 11) is 0. The van der Waals surface area contributed by atoms with Crippen molar-refractivity contribution in [1.82, 2.24) is 19.7 Å². The van der Waals surface area contributed by atoms with E-state index in [0.717, 1.165) is 31.5 Å². The highest BCUT2D eigenvalue weighted by molar-refractivity contribution is 5.91. The molecule has 0 aliphatic carbocycles. The van der Waals surface area contributed by atoms with Gasteiger partial charge in [0.25, 0.3) is 11.5 Å². The van der Waals surface area contributed by atoms with Crippen molar-refractivity contribution < 1.29 is 4.79 Å². The maximum absolute atomic E-state index is 13.3. The van der Waals surface area contributed by atoms with Crippen LogP contribution in [0.5, 0.6) is 0 Å². The van der Waals surface area contributed by atoms with E-state index in [1.54, 1.807) is 12.1 Å². The summed E-state index contributed by atoms with van der Waals surface area (Å²) in [6.07, 6.45) is 0. The van der Waals surface area contributed by atoms with Gasteiger partial charge in [0.2, 0.25) is 5.69 Å². The first kappa shape index (κ1) is 22.0. The molecule has 4 aromatic rings. The second-order valence-corrected chi connectivity index (χ2v) is 7.93. The van der Waals surface area contributed by atoms with Crippen LogP contribution in [-0.4, -0.2) is 20.3 Å². The number of hydrogen-bond donors (Lipinski definition) is 1. The number of benzene rings is 3. The maximum Gasteiger partial charge on any atom is 0.352 e. The van der Waals surface area contributed by atoms with E-state index in [-0.39, 0.29) is 18.8 Å². The van der Waals surface area contributed by atoms with Crippen LogP contribution in [0.15, 0.2) is 88.5 Å². The van der Waals surface area contributed by atoms with Crippen molar-refractivity contribution in [3.63, 3.8) is 0 Å². The number of nitrogens with one attached hydrogen (secondary N) is 1. The number of aromatic nitrogens is 3. The molecule has 0 saturated heterocycles. The SMILES string of the molecule is Cc1cc(C)cc(-n2nc(C(=O)NCc3ccccc3)c(=O)n(Cc3ccccc3)c2=O)c1. The number of carbonyl (C=O) groups is 1. The molecule has 1 heterocycles. The molecule has 0 bridgehead atoms. The predicted molar refractivity (Wildman–Crippen MR) is 127 cm³/mol. The fraction of sp³-hybridized carbons (Fsp3) is 0.154. The molecule has 7 heteroatoms. The Morgan fingerprint density at radius 2 is 1.42 bits per heavy atom. The maximum atomic E-state index is 13.3. The van der Waals surface area contributed by atoms with Gasteiger partial charge < -0.3 is 5.32 Å². The molecule has 0 unspecified atom stereocenters. The summed E-state index contributed by atoms with van der Waals surface area (Å²) in [4.78, 5) is 39.5. The number of rotatable bonds is 6. The lowest BCUT2D eigenvalue weighted by Gasteiger charge is -2.13. The fourth-order valence-corrected chi connectivity index (χ4v) is 3.67. The van der Waals surface area contributed by atoms with Gasteiger partial charge in [0.05, 0.1) is 12.2 Å². The molecule has 33 heavy (non-hydrogen) atoms. The summed E-state index contributed by atoms with van der Waals surface area (Å²) in [5.74, 6) is -0.635. The van der Waals surface area contributed by atoms with Crippen LogP contribution in [0, 0.1) is 13.8 Å². The largest absolute Gasteiger partial charge is 0.352 e. The van der Waals surface area contributed by atoms with Crippen LogP contribution in [0.2, 0.25) is 0 Å². The molecule has 0 aliphatic rings. The molecule has 1 amide bonds. The van der Waals surface area contributed by atoms with E-state index in [1.807, 2.05) is 80.6 Å². The van der Waals surface area contributed by atoms with Crippen LogP contribution in [-0.2, 0) is 13.1 Å². The quantitative estimate of drug-likeness (QED) is 0.499. The summed E-state index contributed by atoms with van der Waals surface area (Å²) in [5.41, 5.74) is 2.37. The minimum absolute atomic E-state index is 0.0325. The molecule has 0 fully saturated rings. The average molecular weight is 441 g/mol. The van der Waals surface area contributed by atoms with Crippen LogP contribution in [0.3, 0.4) is 0 Å². The normalized spacial score (nSPS) is 10.7. The summed E-state index contributed by atoms with van der Waals surface area (Å²) >= 11 is 0. The van der Waals surface area contributed by atoms with Gasteiger partial charge in [-0.3, -0.25) is 14.2 Å². The summed E-state index contributed by atoms with van der Waals surface area (Å²) in [6.45, 7) is 4.09. The molecule has 1 N–H and O–H groups in total. The number of carbonyl (C=O) groups excluding carboxylic acids is 1. The lowest BCUT2D eigenvalue weighted by atomic mass is 10.1. The van der Waals surface area contributed by atoms with Crippen molar-refractivity contribution >= 4 is 5.91 Å². The van der Waals surface area contributed by atoms with Crippen molar-refractivity contribution in [2.75, 3.05) is 0 Å². The zero-order valence-corrected chi connectivity index (χ0v) is 18.5. The minimum Gasteiger partial charge on any atom is -0.346 e. The van der Waals surface area contributed by atoms with Crippen molar-refractivity contribution in [2.24, 2.45) is 0 Å². The zero-order valence-electron chi connectivity index (χ0n) is 18.5. The summed E-state index contributed by atoms with van der Waals surface area (Å²) in [6, 6.07) is 24.1. The number of hydrogen-bond acceptors (Lipinski definition) is 4. The third kappa shape index (κ3) is 4.98. The highest BCUT2D eigenvalue weighted by atomic mass is 16.2. The van der Waals surface area contributed by atoms with Gasteiger partial charge in [0.1, 0.15) is 0 Å². The lowest BCUT2D eigenvalue weighted by Crippen LogP contribution is -2.46. The molecule has 0 saturated carbocycles. The van der Waals surface area contributed by atoms with E-state index in [0.29, 0.717) is 5.69 Å². The first-order chi connectivity index (χ1) is 15.9. The Balaban J connectivity index is 1.81. The van der Waals surface area contributed by atoms with E-state index in [4.69, 9.17) is 0 Å². The second kappa shape index (κ2) is 9.48. The Morgan fingerprint density at radius 1 is 0.848 bits per heavy atom. The molecule has 3 aromatic carbocycles. The van der Waals surface area contributed by atoms with Gasteiger partial charge in [-0.15, -0.1) is 0 Å². The van der Waals surface area contributed by atoms with Gasteiger partial charge in [0.15, 0.2) is 0 Å². The standard InChI is InChI=1S/C26H24N4O3/c1-18-13-19(2)15-22(14-18)30-26(33)29(17-21-11-7-4-8-12-21)25(32)23(28-30)24(31)27-16-20-9-5-3-6-10-20/h3-15H,16-17H2,1-2H3,(H,27,31). The third-order valence-corrected chi connectivity index (χ3v) is 5.21. The molecular formula is C26H24N4O3. The molecule has 7 nitrogen and oxygen atoms in total. The topological polar surface area (TPSA) is 86.0 Å². The van der Waals surface area contributed by atoms with Crippen LogP contribution < -0.4 is 16.6 Å². The van der Waals surface area contributed by atoms with E-state index in [9.17, 15) is 14.4 Å². The Labute approximate surface area is 191 Å². The molecule has 166 valence electrons. The summed E-state index contributed by atoms with van der Waals surface area (Å²) < 4.78 is 2.18. The molecule has 0 aliphatic heterocycles. The fourth-order valence-electron chi connectivity index (χ4n) is 3.67. The number of nitrogens with zero attached hydrogens (tertiary/aromatic N) is 3. The van der Waals surface area contributed by atoms with Gasteiger partial charge in [-0.25, -0.2) is 4.79 Å². The number of aryl methyl sites for hydroxylation is 2. The number of amides is 1. The molecular weight excluding hydrogens is 416 g/mol. The Kier molecular flexibility index (Phi) is 6.31. The first-order valence-corrected chi connectivity index (χ1v) is 10.6. The molecule has 4 rings (SSSR count). The smallest absolute Gasteiger partial charge is 0.346 e. The van der Waals surface area contributed by atoms with Crippen molar-refractivity contribution in [2.45, 2.75) is 26.9 Å². The van der Waals surface area contributed by atoms with E-state index in [2.05, 4.69) is 10.4 Å². The van der Waals surface area contributed by atoms with Crippen molar-refractivity contribution in [1.29, 1.82) is 0 Å². The first-order valence-electron chi connectivity index (χ1n) is 10.6. The molecule has 0 spiro atoms. The van der Waals surface area contributed by atoms with Gasteiger partial charge in [0, 0.05) is 6.54 Å². The van der Waals surface area contributed by atoms with E-state index < -0.39 is 17.2 Å². The Morgan fingerprint density at radius 3 is 2.03 bits per heavy atom. The third-order valence-electron chi connectivity index (χ3n) is 5.21. The summed E-state index contributed by atoms with van der Waals surface area (Å²) in [5, 5.41) is 6.94. The van der Waals surface area contributed by atoms with Crippen LogP contribution in [0.4, 0.5) is 0 Å². The highest BCUT2D eigenvalue weighted by Gasteiger charge is 2.20. The van der Waals surface area contributed by atoms with Crippen molar-refractivity contribution in [3.8, 4) is 5.69 Å².